The van der Waals surface area contributed by atoms with Crippen LogP contribution in [-0.4, -0.2) is 34.4 Å². The van der Waals surface area contributed by atoms with E-state index in [2.05, 4.69) is 4.98 Å². The molecule has 1 aromatic heterocycles. The molecule has 2 heterocycles. The summed E-state index contributed by atoms with van der Waals surface area (Å²) in [5, 5.41) is 8.80. The van der Waals surface area contributed by atoms with Gasteiger partial charge >= 0.3 is 5.97 Å². The molecule has 3 rings (SSSR count). The van der Waals surface area contributed by atoms with Crippen molar-refractivity contribution in [2.24, 2.45) is 0 Å². The lowest BCUT2D eigenvalue weighted by Crippen LogP contribution is -2.32. The lowest BCUT2D eigenvalue weighted by atomic mass is 9.83. The van der Waals surface area contributed by atoms with Crippen molar-refractivity contribution in [3.8, 4) is 5.75 Å². The molecule has 0 amide bonds. The molecule has 1 saturated carbocycles. The molecule has 2 aliphatic rings. The summed E-state index contributed by atoms with van der Waals surface area (Å²) in [4.78, 5) is 14.6. The van der Waals surface area contributed by atoms with E-state index in [1.54, 1.807) is 6.07 Å². The number of hydrogen-bond donors (Lipinski definition) is 1. The van der Waals surface area contributed by atoms with Crippen molar-refractivity contribution in [3.63, 3.8) is 0 Å². The Balaban J connectivity index is 1.50. The van der Waals surface area contributed by atoms with Gasteiger partial charge in [0.25, 0.3) is 0 Å². The van der Waals surface area contributed by atoms with Crippen LogP contribution in [0.15, 0.2) is 18.3 Å². The molecule has 1 aliphatic carbocycles. The van der Waals surface area contributed by atoms with E-state index in [1.807, 2.05) is 0 Å². The molecule has 1 aliphatic heterocycles. The normalized spacial score (nSPS) is 24.1. The maximum atomic E-state index is 10.7. The summed E-state index contributed by atoms with van der Waals surface area (Å²) >= 11 is 0. The molecule has 1 aromatic rings. The molecule has 1 spiro atoms. The molecule has 1 atom stereocenters. The molecule has 0 aromatic carbocycles. The topological polar surface area (TPSA) is 68.7 Å². The number of aromatic carboxylic acids is 1. The van der Waals surface area contributed by atoms with Crippen molar-refractivity contribution >= 4 is 5.97 Å². The summed E-state index contributed by atoms with van der Waals surface area (Å²) in [7, 11) is 0. The summed E-state index contributed by atoms with van der Waals surface area (Å²) in [6.45, 7) is 0.510. The van der Waals surface area contributed by atoms with Gasteiger partial charge in [0.2, 0.25) is 0 Å². The number of nitrogens with zero attached hydrogens (tertiary/aromatic N) is 1. The van der Waals surface area contributed by atoms with E-state index in [0.717, 1.165) is 12.8 Å². The fraction of sp³-hybridized carbons (Fsp3) is 0.625. The zero-order chi connectivity index (χ0) is 14.7. The minimum atomic E-state index is -1.03. The van der Waals surface area contributed by atoms with Crippen LogP contribution >= 0.6 is 0 Å². The Morgan fingerprint density at radius 3 is 2.81 bits per heavy atom. The Morgan fingerprint density at radius 1 is 1.33 bits per heavy atom. The number of pyridine rings is 1. The molecule has 114 valence electrons. The van der Waals surface area contributed by atoms with E-state index in [9.17, 15) is 4.79 Å². The van der Waals surface area contributed by atoms with E-state index in [-0.39, 0.29) is 17.4 Å². The second-order valence-corrected chi connectivity index (χ2v) is 6.02. The van der Waals surface area contributed by atoms with Gasteiger partial charge in [-0.25, -0.2) is 9.78 Å². The fourth-order valence-corrected chi connectivity index (χ4v) is 3.36. The zero-order valence-corrected chi connectivity index (χ0v) is 12.1. The summed E-state index contributed by atoms with van der Waals surface area (Å²) < 4.78 is 11.9. The Hall–Kier alpha value is -1.62. The van der Waals surface area contributed by atoms with E-state index in [0.29, 0.717) is 12.4 Å². The molecule has 0 bridgehead atoms. The molecule has 1 unspecified atom stereocenters. The average molecular weight is 291 g/mol. The first kappa shape index (κ1) is 14.3. The number of aromatic nitrogens is 1. The van der Waals surface area contributed by atoms with Gasteiger partial charge in [-0.3, -0.25) is 0 Å². The summed E-state index contributed by atoms with van der Waals surface area (Å²) in [6.07, 6.45) is 10.0. The quantitative estimate of drug-likeness (QED) is 0.923. The summed E-state index contributed by atoms with van der Waals surface area (Å²) in [6, 6.07) is 3.09. The first-order valence-corrected chi connectivity index (χ1v) is 7.67. The molecule has 21 heavy (non-hydrogen) atoms. The monoisotopic (exact) mass is 291 g/mol. The molecule has 5 heteroatoms. The van der Waals surface area contributed by atoms with Crippen molar-refractivity contribution < 1.29 is 19.4 Å². The Bertz CT molecular complexity index is 494. The van der Waals surface area contributed by atoms with Crippen molar-refractivity contribution in [3.05, 3.63) is 24.0 Å². The van der Waals surface area contributed by atoms with Gasteiger partial charge in [0.1, 0.15) is 18.1 Å². The van der Waals surface area contributed by atoms with E-state index >= 15 is 0 Å². The SMILES string of the molecule is O=C(O)c1ccc(OCC2CCC3(CCCCC3)O2)cn1. The second-order valence-electron chi connectivity index (χ2n) is 6.02. The Kier molecular flexibility index (Phi) is 4.10. The number of carboxylic acids is 1. The largest absolute Gasteiger partial charge is 0.489 e. The van der Waals surface area contributed by atoms with Crippen LogP contribution in [0.4, 0.5) is 0 Å². The molecule has 1 saturated heterocycles. The number of hydrogen-bond acceptors (Lipinski definition) is 4. The van der Waals surface area contributed by atoms with Crippen LogP contribution in [0, 0.1) is 0 Å². The predicted molar refractivity (Wildman–Crippen MR) is 76.6 cm³/mol. The van der Waals surface area contributed by atoms with Crippen molar-refractivity contribution in [2.75, 3.05) is 6.61 Å². The highest BCUT2D eigenvalue weighted by atomic mass is 16.6. The first-order chi connectivity index (χ1) is 10.2. The molecular formula is C16H21NO4. The highest BCUT2D eigenvalue weighted by Gasteiger charge is 2.40. The standard InChI is InChI=1S/C16H21NO4/c18-15(19)14-5-4-12(10-17-14)20-11-13-6-9-16(21-13)7-2-1-3-8-16/h4-5,10,13H,1-3,6-9,11H2,(H,18,19). The van der Waals surface area contributed by atoms with E-state index in [1.165, 1.54) is 44.4 Å². The predicted octanol–water partition coefficient (Wildman–Crippen LogP) is 3.04. The fourth-order valence-electron chi connectivity index (χ4n) is 3.36. The molecule has 1 N–H and O–H groups in total. The third-order valence-corrected chi connectivity index (χ3v) is 4.49. The average Bonchev–Trinajstić information content (AvgIpc) is 2.89. The maximum absolute atomic E-state index is 10.7. The van der Waals surface area contributed by atoms with Crippen molar-refractivity contribution in [1.82, 2.24) is 4.98 Å². The highest BCUT2D eigenvalue weighted by Crippen LogP contribution is 2.41. The van der Waals surface area contributed by atoms with Crippen LogP contribution < -0.4 is 4.74 Å². The Labute approximate surface area is 124 Å². The lowest BCUT2D eigenvalue weighted by Gasteiger charge is -2.33. The third-order valence-electron chi connectivity index (χ3n) is 4.49. The van der Waals surface area contributed by atoms with Crippen LogP contribution in [0.3, 0.4) is 0 Å². The van der Waals surface area contributed by atoms with Crippen molar-refractivity contribution in [1.29, 1.82) is 0 Å². The third kappa shape index (κ3) is 3.35. The lowest BCUT2D eigenvalue weighted by molar-refractivity contribution is -0.0748. The first-order valence-electron chi connectivity index (χ1n) is 7.67. The van der Waals surface area contributed by atoms with Crippen LogP contribution in [0.25, 0.3) is 0 Å². The van der Waals surface area contributed by atoms with Gasteiger partial charge in [0.05, 0.1) is 17.9 Å². The number of rotatable bonds is 4. The Morgan fingerprint density at radius 2 is 2.14 bits per heavy atom. The van der Waals surface area contributed by atoms with Gasteiger partial charge in [-0.2, -0.15) is 0 Å². The molecule has 2 fully saturated rings. The molecule has 5 nitrogen and oxygen atoms in total. The number of carboxylic acid groups (broad SMARTS) is 1. The highest BCUT2D eigenvalue weighted by molar-refractivity contribution is 5.85. The van der Waals surface area contributed by atoms with Crippen LogP contribution in [-0.2, 0) is 4.74 Å². The van der Waals surface area contributed by atoms with E-state index < -0.39 is 5.97 Å². The van der Waals surface area contributed by atoms with E-state index in [4.69, 9.17) is 14.6 Å². The van der Waals surface area contributed by atoms with Crippen LogP contribution in [0.5, 0.6) is 5.75 Å². The number of carbonyl (C=O) groups is 1. The minimum Gasteiger partial charge on any atom is -0.489 e. The number of ether oxygens (including phenoxy) is 2. The van der Waals surface area contributed by atoms with Gasteiger partial charge in [0.15, 0.2) is 0 Å². The zero-order valence-electron chi connectivity index (χ0n) is 12.1. The molecular weight excluding hydrogens is 270 g/mol. The van der Waals surface area contributed by atoms with Gasteiger partial charge in [-0.1, -0.05) is 19.3 Å². The van der Waals surface area contributed by atoms with Crippen LogP contribution in [0.1, 0.15) is 55.4 Å². The van der Waals surface area contributed by atoms with Gasteiger partial charge in [0, 0.05) is 0 Å². The summed E-state index contributed by atoms with van der Waals surface area (Å²) in [5.74, 6) is -0.437. The maximum Gasteiger partial charge on any atom is 0.354 e. The summed E-state index contributed by atoms with van der Waals surface area (Å²) in [5.41, 5.74) is 0.137. The van der Waals surface area contributed by atoms with Gasteiger partial charge < -0.3 is 14.6 Å². The minimum absolute atomic E-state index is 0.0284. The van der Waals surface area contributed by atoms with Gasteiger partial charge in [-0.05, 0) is 37.8 Å². The van der Waals surface area contributed by atoms with Gasteiger partial charge in [-0.15, -0.1) is 0 Å². The smallest absolute Gasteiger partial charge is 0.354 e. The molecule has 0 radical (unpaired) electrons. The van der Waals surface area contributed by atoms with Crippen LogP contribution in [0.2, 0.25) is 0 Å². The second kappa shape index (κ2) is 6.02. The van der Waals surface area contributed by atoms with Crippen molar-refractivity contribution in [2.45, 2.75) is 56.7 Å².